The van der Waals surface area contributed by atoms with Crippen LogP contribution in [0, 0.1) is 17.2 Å². The minimum atomic E-state index is -3.73. The molecule has 0 aromatic rings. The molecule has 0 aliphatic carbocycles. The van der Waals surface area contributed by atoms with Gasteiger partial charge in [-0.2, -0.15) is 5.26 Å². The quantitative estimate of drug-likeness (QED) is 0.758. The zero-order chi connectivity index (χ0) is 13.4. The Morgan fingerprint density at radius 2 is 2.12 bits per heavy atom. The molecule has 1 fully saturated rings. The number of nitrogens with zero attached hydrogens (tertiary/aromatic N) is 2. The number of sulfonamides is 1. The SMILES string of the molecule is CC(C)C(C)(C#N)N1CC(S(N)(=O)=O)CC1=O. The molecule has 0 aromatic heterocycles. The van der Waals surface area contributed by atoms with E-state index in [9.17, 15) is 18.5 Å². The van der Waals surface area contributed by atoms with E-state index in [-0.39, 0.29) is 24.8 Å². The van der Waals surface area contributed by atoms with Crippen LogP contribution in [0.15, 0.2) is 0 Å². The van der Waals surface area contributed by atoms with E-state index in [1.165, 1.54) is 4.90 Å². The second-order valence-corrected chi connectivity index (χ2v) is 6.68. The van der Waals surface area contributed by atoms with Gasteiger partial charge in [0.05, 0.1) is 6.07 Å². The molecule has 0 bridgehead atoms. The van der Waals surface area contributed by atoms with Crippen molar-refractivity contribution in [1.82, 2.24) is 4.90 Å². The van der Waals surface area contributed by atoms with E-state index in [2.05, 4.69) is 6.07 Å². The monoisotopic (exact) mass is 259 g/mol. The molecule has 1 saturated heterocycles. The lowest BCUT2D eigenvalue weighted by Gasteiger charge is -2.36. The van der Waals surface area contributed by atoms with Gasteiger partial charge in [0.2, 0.25) is 15.9 Å². The topological polar surface area (TPSA) is 104 Å². The summed E-state index contributed by atoms with van der Waals surface area (Å²) in [5.74, 6) is -0.419. The minimum absolute atomic E-state index is 0.0000926. The van der Waals surface area contributed by atoms with Gasteiger partial charge in [-0.3, -0.25) is 4.79 Å². The lowest BCUT2D eigenvalue weighted by molar-refractivity contribution is -0.132. The maximum Gasteiger partial charge on any atom is 0.225 e. The maximum absolute atomic E-state index is 11.8. The van der Waals surface area contributed by atoms with Crippen LogP contribution in [0.3, 0.4) is 0 Å². The van der Waals surface area contributed by atoms with Crippen molar-refractivity contribution in [3.05, 3.63) is 0 Å². The highest BCUT2D eigenvalue weighted by molar-refractivity contribution is 7.89. The molecule has 2 N–H and O–H groups in total. The van der Waals surface area contributed by atoms with Crippen LogP contribution >= 0.6 is 0 Å². The average molecular weight is 259 g/mol. The molecule has 1 amide bonds. The molecule has 1 heterocycles. The first-order valence-electron chi connectivity index (χ1n) is 5.36. The fourth-order valence-corrected chi connectivity index (χ4v) is 2.58. The molecule has 1 rings (SSSR count). The summed E-state index contributed by atoms with van der Waals surface area (Å²) in [7, 11) is -3.73. The molecule has 17 heavy (non-hydrogen) atoms. The van der Waals surface area contributed by atoms with Crippen molar-refractivity contribution in [3.8, 4) is 6.07 Å². The van der Waals surface area contributed by atoms with Crippen molar-refractivity contribution >= 4 is 15.9 Å². The molecule has 0 radical (unpaired) electrons. The second kappa shape index (κ2) is 4.27. The third-order valence-electron chi connectivity index (χ3n) is 3.47. The summed E-state index contributed by atoms with van der Waals surface area (Å²) in [5.41, 5.74) is -0.990. The van der Waals surface area contributed by atoms with Gasteiger partial charge in [-0.05, 0) is 12.8 Å². The molecule has 1 aliphatic rings. The van der Waals surface area contributed by atoms with E-state index < -0.39 is 20.8 Å². The molecule has 0 spiro atoms. The average Bonchev–Trinajstić information content (AvgIpc) is 2.58. The Labute approximate surface area is 101 Å². The fraction of sp³-hybridized carbons (Fsp3) is 0.800. The molecule has 7 heteroatoms. The molecule has 2 atom stereocenters. The lowest BCUT2D eigenvalue weighted by Crippen LogP contribution is -2.50. The van der Waals surface area contributed by atoms with Gasteiger partial charge in [0.25, 0.3) is 0 Å². The van der Waals surface area contributed by atoms with Gasteiger partial charge in [-0.15, -0.1) is 0 Å². The van der Waals surface area contributed by atoms with Crippen molar-refractivity contribution in [3.63, 3.8) is 0 Å². The number of nitrogens with two attached hydrogens (primary N) is 1. The van der Waals surface area contributed by atoms with Crippen molar-refractivity contribution in [2.24, 2.45) is 11.1 Å². The highest BCUT2D eigenvalue weighted by Crippen LogP contribution is 2.30. The summed E-state index contributed by atoms with van der Waals surface area (Å²) < 4.78 is 22.5. The van der Waals surface area contributed by atoms with Crippen molar-refractivity contribution < 1.29 is 13.2 Å². The van der Waals surface area contributed by atoms with Crippen LogP contribution in [0.2, 0.25) is 0 Å². The number of likely N-dealkylation sites (tertiary alicyclic amines) is 1. The number of amides is 1. The third-order valence-corrected chi connectivity index (χ3v) is 4.71. The Morgan fingerprint density at radius 1 is 1.59 bits per heavy atom. The Balaban J connectivity index is 3.04. The summed E-state index contributed by atoms with van der Waals surface area (Å²) in [4.78, 5) is 13.1. The molecular formula is C10H17N3O3S. The number of hydrogen-bond donors (Lipinski definition) is 1. The van der Waals surface area contributed by atoms with Crippen molar-refractivity contribution in [1.29, 1.82) is 5.26 Å². The van der Waals surface area contributed by atoms with E-state index in [1.807, 2.05) is 13.8 Å². The number of carbonyl (C=O) groups is 1. The Hall–Kier alpha value is -1.13. The minimum Gasteiger partial charge on any atom is -0.323 e. The molecule has 1 aliphatic heterocycles. The van der Waals surface area contributed by atoms with Gasteiger partial charge < -0.3 is 4.90 Å². The normalized spacial score (nSPS) is 24.8. The van der Waals surface area contributed by atoms with E-state index in [4.69, 9.17) is 5.14 Å². The highest BCUT2D eigenvalue weighted by atomic mass is 32.2. The fourth-order valence-electron chi connectivity index (χ4n) is 1.84. The summed E-state index contributed by atoms with van der Waals surface area (Å²) in [6, 6.07) is 2.09. The number of rotatable bonds is 3. The molecule has 6 nitrogen and oxygen atoms in total. The number of hydrogen-bond acceptors (Lipinski definition) is 4. The van der Waals surface area contributed by atoms with Gasteiger partial charge >= 0.3 is 0 Å². The number of primary sulfonamides is 1. The molecule has 96 valence electrons. The lowest BCUT2D eigenvalue weighted by atomic mass is 9.88. The van der Waals surface area contributed by atoms with E-state index in [0.717, 1.165) is 0 Å². The van der Waals surface area contributed by atoms with Crippen LogP contribution in [0.4, 0.5) is 0 Å². The van der Waals surface area contributed by atoms with Gasteiger partial charge in [-0.25, -0.2) is 13.6 Å². The van der Waals surface area contributed by atoms with Crippen molar-refractivity contribution in [2.45, 2.75) is 38.0 Å². The standard InChI is InChI=1S/C10H17N3O3S/c1-7(2)10(3,6-11)13-5-8(4-9(13)14)17(12,15)16/h7-8H,4-5H2,1-3H3,(H2,12,15,16). The van der Waals surface area contributed by atoms with Crippen LogP contribution in [-0.4, -0.2) is 36.6 Å². The molecule has 0 aromatic carbocycles. The largest absolute Gasteiger partial charge is 0.323 e. The van der Waals surface area contributed by atoms with Crippen LogP contribution < -0.4 is 5.14 Å². The zero-order valence-corrected chi connectivity index (χ0v) is 11.0. The Kier molecular flexibility index (Phi) is 3.50. The van der Waals surface area contributed by atoms with E-state index in [1.54, 1.807) is 6.92 Å². The zero-order valence-electron chi connectivity index (χ0n) is 10.2. The van der Waals surface area contributed by atoms with Gasteiger partial charge in [0.1, 0.15) is 10.8 Å². The van der Waals surface area contributed by atoms with Crippen LogP contribution in [0.1, 0.15) is 27.2 Å². The Morgan fingerprint density at radius 3 is 2.41 bits per heavy atom. The predicted octanol–water partition coefficient (Wildman–Crippen LogP) is -0.186. The molecule has 0 saturated carbocycles. The molecular weight excluding hydrogens is 242 g/mol. The van der Waals surface area contributed by atoms with Gasteiger partial charge in [0.15, 0.2) is 0 Å². The van der Waals surface area contributed by atoms with E-state index in [0.29, 0.717) is 0 Å². The van der Waals surface area contributed by atoms with Gasteiger partial charge in [-0.1, -0.05) is 13.8 Å². The first-order valence-corrected chi connectivity index (χ1v) is 6.97. The summed E-state index contributed by atoms with van der Waals surface area (Å²) in [6.07, 6.45) is -0.136. The Bertz CT molecular complexity index is 466. The second-order valence-electron chi connectivity index (χ2n) is 4.83. The number of nitriles is 1. The first kappa shape index (κ1) is 13.9. The molecule has 2 unspecified atom stereocenters. The third kappa shape index (κ3) is 2.42. The van der Waals surface area contributed by atoms with Crippen LogP contribution in [0.25, 0.3) is 0 Å². The maximum atomic E-state index is 11.8. The highest BCUT2D eigenvalue weighted by Gasteiger charge is 2.46. The number of carbonyl (C=O) groups excluding carboxylic acids is 1. The predicted molar refractivity (Wildman–Crippen MR) is 62.1 cm³/mol. The summed E-state index contributed by atoms with van der Waals surface area (Å²) >= 11 is 0. The smallest absolute Gasteiger partial charge is 0.225 e. The van der Waals surface area contributed by atoms with Gasteiger partial charge in [0, 0.05) is 13.0 Å². The van der Waals surface area contributed by atoms with E-state index >= 15 is 0 Å². The van der Waals surface area contributed by atoms with Crippen LogP contribution in [-0.2, 0) is 14.8 Å². The first-order chi connectivity index (χ1) is 7.63. The summed E-state index contributed by atoms with van der Waals surface area (Å²) in [5, 5.41) is 13.3. The van der Waals surface area contributed by atoms with Crippen LogP contribution in [0.5, 0.6) is 0 Å². The summed E-state index contributed by atoms with van der Waals surface area (Å²) in [6.45, 7) is 5.28. The van der Waals surface area contributed by atoms with Crippen molar-refractivity contribution in [2.75, 3.05) is 6.54 Å².